The fourth-order valence-electron chi connectivity index (χ4n) is 3.94. The molecule has 0 saturated carbocycles. The molecule has 0 bridgehead atoms. The topological polar surface area (TPSA) is 91.4 Å². The Morgan fingerprint density at radius 1 is 0.853 bits per heavy atom. The Balaban J connectivity index is 1.46. The van der Waals surface area contributed by atoms with Crippen molar-refractivity contribution in [2.45, 2.75) is 6.92 Å². The molecule has 1 fully saturated rings. The number of benzene rings is 3. The molecule has 2 heterocycles. The van der Waals surface area contributed by atoms with Crippen molar-refractivity contribution in [2.24, 2.45) is 0 Å². The van der Waals surface area contributed by atoms with Gasteiger partial charge in [-0.2, -0.15) is 4.98 Å². The van der Waals surface area contributed by atoms with Gasteiger partial charge in [0.15, 0.2) is 0 Å². The van der Waals surface area contributed by atoms with Gasteiger partial charge in [-0.15, -0.1) is 0 Å². The number of fused-ring (bicyclic) bond motifs is 1. The molecule has 4 aromatic rings. The molecule has 0 spiro atoms. The van der Waals surface area contributed by atoms with Gasteiger partial charge in [0, 0.05) is 35.5 Å². The quantitative estimate of drug-likeness (QED) is 0.386. The van der Waals surface area contributed by atoms with Crippen LogP contribution in [-0.2, 0) is 4.74 Å². The molecule has 1 aromatic heterocycles. The average Bonchev–Trinajstić information content (AvgIpc) is 2.85. The minimum Gasteiger partial charge on any atom is -0.378 e. The number of carbonyl (C=O) groups excluding carboxylic acids is 1. The minimum absolute atomic E-state index is 0.252. The van der Waals surface area contributed by atoms with E-state index in [-0.39, 0.29) is 5.95 Å². The largest absolute Gasteiger partial charge is 0.378 e. The van der Waals surface area contributed by atoms with Gasteiger partial charge in [0.1, 0.15) is 5.82 Å². The SMILES string of the molecule is Cc1cccc(Nc2ccc3nc(NC(=O)Nc4ccccc4)nc(N4CCOCC4)c3c2)c1. The highest BCUT2D eigenvalue weighted by molar-refractivity contribution is 6.00. The van der Waals surface area contributed by atoms with Crippen LogP contribution in [0.25, 0.3) is 10.9 Å². The van der Waals surface area contributed by atoms with Gasteiger partial charge in [-0.05, 0) is 55.0 Å². The zero-order valence-corrected chi connectivity index (χ0v) is 18.9. The van der Waals surface area contributed by atoms with Crippen LogP contribution in [0.4, 0.5) is 33.6 Å². The van der Waals surface area contributed by atoms with Gasteiger partial charge in [-0.25, -0.2) is 9.78 Å². The lowest BCUT2D eigenvalue weighted by Gasteiger charge is -2.29. The van der Waals surface area contributed by atoms with Crippen LogP contribution in [0.5, 0.6) is 0 Å². The smallest absolute Gasteiger partial charge is 0.326 e. The zero-order chi connectivity index (χ0) is 23.3. The highest BCUT2D eigenvalue weighted by Gasteiger charge is 2.19. The molecule has 1 aliphatic rings. The van der Waals surface area contributed by atoms with Crippen LogP contribution in [0.2, 0.25) is 0 Å². The summed E-state index contributed by atoms with van der Waals surface area (Å²) < 4.78 is 5.53. The van der Waals surface area contributed by atoms with Crippen LogP contribution in [0.3, 0.4) is 0 Å². The monoisotopic (exact) mass is 454 g/mol. The molecule has 1 aliphatic heterocycles. The van der Waals surface area contributed by atoms with Crippen molar-refractivity contribution in [2.75, 3.05) is 47.2 Å². The van der Waals surface area contributed by atoms with Crippen molar-refractivity contribution in [3.63, 3.8) is 0 Å². The zero-order valence-electron chi connectivity index (χ0n) is 18.9. The van der Waals surface area contributed by atoms with Gasteiger partial charge in [0.25, 0.3) is 0 Å². The van der Waals surface area contributed by atoms with E-state index < -0.39 is 6.03 Å². The summed E-state index contributed by atoms with van der Waals surface area (Å²) in [6, 6.07) is 23.1. The van der Waals surface area contributed by atoms with E-state index >= 15 is 0 Å². The summed E-state index contributed by atoms with van der Waals surface area (Å²) >= 11 is 0. The molecule has 3 N–H and O–H groups in total. The van der Waals surface area contributed by atoms with Crippen molar-refractivity contribution in [1.82, 2.24) is 9.97 Å². The van der Waals surface area contributed by atoms with E-state index in [4.69, 9.17) is 9.72 Å². The van der Waals surface area contributed by atoms with Crippen molar-refractivity contribution in [1.29, 1.82) is 0 Å². The molecule has 8 heteroatoms. The summed E-state index contributed by atoms with van der Waals surface area (Å²) in [6.07, 6.45) is 0. The van der Waals surface area contributed by atoms with Crippen molar-refractivity contribution < 1.29 is 9.53 Å². The Bertz CT molecular complexity index is 1310. The van der Waals surface area contributed by atoms with Crippen molar-refractivity contribution in [3.8, 4) is 0 Å². The first-order valence-electron chi connectivity index (χ1n) is 11.3. The Hall–Kier alpha value is -4.17. The van der Waals surface area contributed by atoms with E-state index in [0.717, 1.165) is 41.2 Å². The average molecular weight is 455 g/mol. The molecular weight excluding hydrogens is 428 g/mol. The number of morpholine rings is 1. The number of aromatic nitrogens is 2. The van der Waals surface area contributed by atoms with Crippen molar-refractivity contribution in [3.05, 3.63) is 78.4 Å². The maximum Gasteiger partial charge on any atom is 0.326 e. The third kappa shape index (κ3) is 5.07. The standard InChI is InChI=1S/C26H26N6O2/c1-18-6-5-9-20(16-18)27-21-10-11-23-22(17-21)24(32-12-14-34-15-13-32)30-25(29-23)31-26(33)28-19-7-3-2-4-8-19/h2-11,16-17,27H,12-15H2,1H3,(H2,28,29,30,31,33). The number of ether oxygens (including phenoxy) is 1. The first-order chi connectivity index (χ1) is 16.6. The van der Waals surface area contributed by atoms with Gasteiger partial charge in [-0.3, -0.25) is 5.32 Å². The molecule has 0 unspecified atom stereocenters. The van der Waals surface area contributed by atoms with E-state index in [2.05, 4.69) is 51.0 Å². The number of hydrogen-bond donors (Lipinski definition) is 3. The summed E-state index contributed by atoms with van der Waals surface area (Å²) in [5.74, 6) is 1.03. The maximum absolute atomic E-state index is 12.5. The minimum atomic E-state index is -0.392. The van der Waals surface area contributed by atoms with Crippen LogP contribution in [0.1, 0.15) is 5.56 Å². The number of hydrogen-bond acceptors (Lipinski definition) is 6. The van der Waals surface area contributed by atoms with Crippen LogP contribution >= 0.6 is 0 Å². The number of urea groups is 1. The molecule has 0 atom stereocenters. The van der Waals surface area contributed by atoms with E-state index in [1.165, 1.54) is 5.56 Å². The molecule has 1 saturated heterocycles. The second kappa shape index (κ2) is 9.76. The number of carbonyl (C=O) groups is 1. The number of nitrogens with zero attached hydrogens (tertiary/aromatic N) is 3. The predicted octanol–water partition coefficient (Wildman–Crippen LogP) is 5.16. The number of nitrogens with one attached hydrogen (secondary N) is 3. The van der Waals surface area contributed by atoms with E-state index in [1.54, 1.807) is 0 Å². The predicted molar refractivity (Wildman–Crippen MR) is 136 cm³/mol. The van der Waals surface area contributed by atoms with Gasteiger partial charge in [0.05, 0.1) is 18.7 Å². The Labute approximate surface area is 198 Å². The third-order valence-corrected chi connectivity index (χ3v) is 5.55. The first kappa shape index (κ1) is 21.7. The Morgan fingerprint density at radius 2 is 1.62 bits per heavy atom. The molecule has 172 valence electrons. The highest BCUT2D eigenvalue weighted by Crippen LogP contribution is 2.30. The number of para-hydroxylation sites is 1. The Morgan fingerprint density at radius 3 is 2.41 bits per heavy atom. The number of aryl methyl sites for hydroxylation is 1. The van der Waals surface area contributed by atoms with E-state index in [9.17, 15) is 4.79 Å². The fraction of sp³-hybridized carbons (Fsp3) is 0.192. The maximum atomic E-state index is 12.5. The molecule has 3 aromatic carbocycles. The third-order valence-electron chi connectivity index (χ3n) is 5.55. The van der Waals surface area contributed by atoms with Gasteiger partial charge in [0.2, 0.25) is 5.95 Å². The lowest BCUT2D eigenvalue weighted by atomic mass is 10.1. The molecule has 34 heavy (non-hydrogen) atoms. The lowest BCUT2D eigenvalue weighted by molar-refractivity contribution is 0.122. The molecule has 8 nitrogen and oxygen atoms in total. The Kier molecular flexibility index (Phi) is 6.22. The van der Waals surface area contributed by atoms with Crippen LogP contribution in [0, 0.1) is 6.92 Å². The highest BCUT2D eigenvalue weighted by atomic mass is 16.5. The van der Waals surface area contributed by atoms with E-state index in [1.807, 2.05) is 54.6 Å². The summed E-state index contributed by atoms with van der Waals surface area (Å²) in [7, 11) is 0. The summed E-state index contributed by atoms with van der Waals surface area (Å²) in [5.41, 5.74) is 4.60. The van der Waals surface area contributed by atoms with Gasteiger partial charge < -0.3 is 20.3 Å². The van der Waals surface area contributed by atoms with Gasteiger partial charge in [-0.1, -0.05) is 30.3 Å². The second-order valence-electron chi connectivity index (χ2n) is 8.14. The second-order valence-corrected chi connectivity index (χ2v) is 8.14. The number of amides is 2. The first-order valence-corrected chi connectivity index (χ1v) is 11.3. The van der Waals surface area contributed by atoms with E-state index in [0.29, 0.717) is 18.9 Å². The van der Waals surface area contributed by atoms with Crippen LogP contribution in [-0.4, -0.2) is 42.3 Å². The molecule has 5 rings (SSSR count). The number of anilines is 5. The lowest BCUT2D eigenvalue weighted by Crippen LogP contribution is -2.37. The molecule has 2 amide bonds. The molecular formula is C26H26N6O2. The van der Waals surface area contributed by atoms with Crippen LogP contribution < -0.4 is 20.9 Å². The number of rotatable bonds is 5. The summed E-state index contributed by atoms with van der Waals surface area (Å²) in [6.45, 7) is 4.76. The summed E-state index contributed by atoms with van der Waals surface area (Å²) in [5, 5.41) is 9.96. The normalized spacial score (nSPS) is 13.5. The van der Waals surface area contributed by atoms with Crippen molar-refractivity contribution >= 4 is 45.8 Å². The summed E-state index contributed by atoms with van der Waals surface area (Å²) in [4.78, 5) is 24.0. The molecule has 0 radical (unpaired) electrons. The van der Waals surface area contributed by atoms with Gasteiger partial charge >= 0.3 is 6.03 Å². The van der Waals surface area contributed by atoms with Crippen LogP contribution in [0.15, 0.2) is 72.8 Å². The molecule has 0 aliphatic carbocycles. The fourth-order valence-corrected chi connectivity index (χ4v) is 3.94.